The minimum Gasteiger partial charge on any atom is -0.480 e. The molecule has 1 aromatic rings. The smallest absolute Gasteiger partial charge is 0.329 e. The molecule has 1 aliphatic carbocycles. The van der Waals surface area contributed by atoms with E-state index in [2.05, 4.69) is 44.3 Å². The SMILES string of the molecule is CC(=O)NC1(C(=O)O)CCCCC1.Cc1cccc(C)c1C. The summed E-state index contributed by atoms with van der Waals surface area (Å²) in [7, 11) is 0. The maximum Gasteiger partial charge on any atom is 0.329 e. The summed E-state index contributed by atoms with van der Waals surface area (Å²) in [5, 5.41) is 11.6. The molecule has 0 spiro atoms. The molecule has 2 rings (SSSR count). The monoisotopic (exact) mass is 305 g/mol. The molecule has 0 unspecified atom stereocenters. The van der Waals surface area contributed by atoms with Crippen molar-refractivity contribution in [1.29, 1.82) is 0 Å². The number of rotatable bonds is 2. The van der Waals surface area contributed by atoms with Gasteiger partial charge in [-0.25, -0.2) is 4.79 Å². The van der Waals surface area contributed by atoms with Crippen LogP contribution in [0.3, 0.4) is 0 Å². The molecule has 0 bridgehead atoms. The fourth-order valence-electron chi connectivity index (χ4n) is 2.78. The van der Waals surface area contributed by atoms with Crippen LogP contribution in [0.2, 0.25) is 0 Å². The Hall–Kier alpha value is -1.84. The number of nitrogens with one attached hydrogen (secondary N) is 1. The van der Waals surface area contributed by atoms with E-state index < -0.39 is 11.5 Å². The predicted molar refractivity (Wildman–Crippen MR) is 87.9 cm³/mol. The van der Waals surface area contributed by atoms with Crippen LogP contribution in [-0.2, 0) is 9.59 Å². The fourth-order valence-corrected chi connectivity index (χ4v) is 2.78. The van der Waals surface area contributed by atoms with E-state index in [0.29, 0.717) is 12.8 Å². The van der Waals surface area contributed by atoms with Gasteiger partial charge in [0.25, 0.3) is 0 Å². The molecular formula is C18H27NO3. The van der Waals surface area contributed by atoms with Crippen molar-refractivity contribution in [1.82, 2.24) is 5.32 Å². The maximum atomic E-state index is 11.0. The van der Waals surface area contributed by atoms with Crippen molar-refractivity contribution in [3.05, 3.63) is 34.9 Å². The van der Waals surface area contributed by atoms with Gasteiger partial charge in [-0.2, -0.15) is 0 Å². The van der Waals surface area contributed by atoms with E-state index in [0.717, 1.165) is 19.3 Å². The van der Waals surface area contributed by atoms with E-state index in [1.165, 1.54) is 23.6 Å². The Balaban J connectivity index is 0.000000235. The highest BCUT2D eigenvalue weighted by Gasteiger charge is 2.40. The molecule has 1 fully saturated rings. The lowest BCUT2D eigenvalue weighted by Crippen LogP contribution is -2.54. The molecule has 122 valence electrons. The molecule has 1 aliphatic rings. The van der Waals surface area contributed by atoms with Gasteiger partial charge in [-0.1, -0.05) is 37.5 Å². The zero-order valence-electron chi connectivity index (χ0n) is 14.0. The van der Waals surface area contributed by atoms with Crippen LogP contribution in [0.1, 0.15) is 55.7 Å². The zero-order valence-corrected chi connectivity index (χ0v) is 14.0. The molecule has 0 radical (unpaired) electrons. The van der Waals surface area contributed by atoms with Crippen LogP contribution < -0.4 is 5.32 Å². The van der Waals surface area contributed by atoms with Crippen molar-refractivity contribution < 1.29 is 14.7 Å². The highest BCUT2D eigenvalue weighted by Crippen LogP contribution is 2.28. The second-order valence-electron chi connectivity index (χ2n) is 6.15. The van der Waals surface area contributed by atoms with Gasteiger partial charge in [0, 0.05) is 6.92 Å². The number of hydrogen-bond acceptors (Lipinski definition) is 2. The molecule has 1 saturated carbocycles. The van der Waals surface area contributed by atoms with Crippen LogP contribution in [0.25, 0.3) is 0 Å². The van der Waals surface area contributed by atoms with E-state index in [1.54, 1.807) is 0 Å². The molecule has 2 N–H and O–H groups in total. The summed E-state index contributed by atoms with van der Waals surface area (Å²) in [6, 6.07) is 6.38. The molecule has 0 atom stereocenters. The first-order valence-corrected chi connectivity index (χ1v) is 7.83. The van der Waals surface area contributed by atoms with Crippen LogP contribution in [0.5, 0.6) is 0 Å². The molecule has 0 heterocycles. The average Bonchev–Trinajstić information content (AvgIpc) is 2.45. The average molecular weight is 305 g/mol. The van der Waals surface area contributed by atoms with Gasteiger partial charge in [0.15, 0.2) is 0 Å². The first-order valence-electron chi connectivity index (χ1n) is 7.83. The Morgan fingerprint density at radius 2 is 1.55 bits per heavy atom. The molecule has 0 saturated heterocycles. The van der Waals surface area contributed by atoms with Crippen molar-refractivity contribution in [2.45, 2.75) is 65.3 Å². The first-order chi connectivity index (χ1) is 10.3. The van der Waals surface area contributed by atoms with E-state index in [9.17, 15) is 9.59 Å². The number of carbonyl (C=O) groups is 2. The second-order valence-corrected chi connectivity index (χ2v) is 6.15. The Bertz CT molecular complexity index is 511. The molecule has 4 nitrogen and oxygen atoms in total. The summed E-state index contributed by atoms with van der Waals surface area (Å²) in [5.74, 6) is -1.16. The highest BCUT2D eigenvalue weighted by molar-refractivity contribution is 5.86. The van der Waals surface area contributed by atoms with E-state index in [1.807, 2.05) is 0 Å². The quantitative estimate of drug-likeness (QED) is 0.878. The van der Waals surface area contributed by atoms with Gasteiger partial charge >= 0.3 is 5.97 Å². The summed E-state index contributed by atoms with van der Waals surface area (Å²) >= 11 is 0. The number of amides is 1. The van der Waals surface area contributed by atoms with Crippen LogP contribution in [-0.4, -0.2) is 22.5 Å². The zero-order chi connectivity index (χ0) is 16.8. The molecular weight excluding hydrogens is 278 g/mol. The van der Waals surface area contributed by atoms with Crippen molar-refractivity contribution in [2.24, 2.45) is 0 Å². The van der Waals surface area contributed by atoms with Crippen molar-refractivity contribution >= 4 is 11.9 Å². The molecule has 0 aromatic heterocycles. The summed E-state index contributed by atoms with van der Waals surface area (Å²) in [6.07, 6.45) is 3.94. The Kier molecular flexibility index (Phi) is 6.60. The minimum absolute atomic E-state index is 0.260. The first kappa shape index (κ1) is 18.2. The van der Waals surface area contributed by atoms with Crippen LogP contribution in [0, 0.1) is 20.8 Å². The van der Waals surface area contributed by atoms with Gasteiger partial charge < -0.3 is 10.4 Å². The van der Waals surface area contributed by atoms with Crippen molar-refractivity contribution in [3.8, 4) is 0 Å². The van der Waals surface area contributed by atoms with E-state index in [4.69, 9.17) is 5.11 Å². The van der Waals surface area contributed by atoms with Gasteiger partial charge in [-0.05, 0) is 50.3 Å². The molecule has 22 heavy (non-hydrogen) atoms. The van der Waals surface area contributed by atoms with E-state index in [-0.39, 0.29) is 5.91 Å². The van der Waals surface area contributed by atoms with Crippen molar-refractivity contribution in [3.63, 3.8) is 0 Å². The van der Waals surface area contributed by atoms with Gasteiger partial charge in [-0.15, -0.1) is 0 Å². The van der Waals surface area contributed by atoms with Crippen molar-refractivity contribution in [2.75, 3.05) is 0 Å². The maximum absolute atomic E-state index is 11.0. The fraction of sp³-hybridized carbons (Fsp3) is 0.556. The number of carboxylic acid groups (broad SMARTS) is 1. The standard InChI is InChI=1S/C9H15NO3.C9H12/c1-7(11)10-9(8(12)13)5-3-2-4-6-9;1-7-5-4-6-8(2)9(7)3/h2-6H2,1H3,(H,10,11)(H,12,13);4-6H,1-3H3. The van der Waals surface area contributed by atoms with Gasteiger partial charge in [0.05, 0.1) is 0 Å². The third-order valence-electron chi connectivity index (χ3n) is 4.41. The topological polar surface area (TPSA) is 66.4 Å². The Morgan fingerprint density at radius 1 is 1.05 bits per heavy atom. The Morgan fingerprint density at radius 3 is 1.91 bits per heavy atom. The van der Waals surface area contributed by atoms with Gasteiger partial charge in [0.1, 0.15) is 5.54 Å². The molecule has 0 aliphatic heterocycles. The van der Waals surface area contributed by atoms with Crippen LogP contribution in [0.4, 0.5) is 0 Å². The minimum atomic E-state index is -0.982. The number of aliphatic carboxylic acids is 1. The molecule has 1 aromatic carbocycles. The Labute approximate surface area is 132 Å². The lowest BCUT2D eigenvalue weighted by Gasteiger charge is -2.33. The summed E-state index contributed by atoms with van der Waals surface area (Å²) in [4.78, 5) is 21.8. The van der Waals surface area contributed by atoms with Crippen LogP contribution >= 0.6 is 0 Å². The molecule has 4 heteroatoms. The van der Waals surface area contributed by atoms with Gasteiger partial charge in [0.2, 0.25) is 5.91 Å². The lowest BCUT2D eigenvalue weighted by atomic mass is 9.81. The van der Waals surface area contributed by atoms with Gasteiger partial charge in [-0.3, -0.25) is 4.79 Å². The van der Waals surface area contributed by atoms with E-state index >= 15 is 0 Å². The number of carbonyl (C=O) groups excluding carboxylic acids is 1. The lowest BCUT2D eigenvalue weighted by molar-refractivity contribution is -0.149. The summed E-state index contributed by atoms with van der Waals surface area (Å²) < 4.78 is 0. The third-order valence-corrected chi connectivity index (χ3v) is 4.41. The third kappa shape index (κ3) is 4.86. The largest absolute Gasteiger partial charge is 0.480 e. The highest BCUT2D eigenvalue weighted by atomic mass is 16.4. The number of hydrogen-bond donors (Lipinski definition) is 2. The number of benzene rings is 1. The van der Waals surface area contributed by atoms with Crippen LogP contribution in [0.15, 0.2) is 18.2 Å². The summed E-state index contributed by atoms with van der Waals surface area (Å²) in [5.41, 5.74) is 3.20. The second kappa shape index (κ2) is 7.97. The normalized spacial score (nSPS) is 16.2. The number of carboxylic acids is 1. The molecule has 1 amide bonds. The predicted octanol–water partition coefficient (Wildman–Crippen LogP) is 3.52. The number of aryl methyl sites for hydroxylation is 2. The summed E-state index contributed by atoms with van der Waals surface area (Å²) in [6.45, 7) is 7.80.